The zero-order chi connectivity index (χ0) is 24.5. The number of hydrogen-bond donors (Lipinski definition) is 1. The molecule has 2 aliphatic carbocycles. The van der Waals surface area contributed by atoms with Gasteiger partial charge >= 0.3 is 11.8 Å². The second kappa shape index (κ2) is 9.08. The molecule has 1 N–H and O–H groups in total. The summed E-state index contributed by atoms with van der Waals surface area (Å²) in [7, 11) is 0. The minimum absolute atomic E-state index is 0.00776. The second-order valence-corrected chi connectivity index (χ2v) is 10.3. The van der Waals surface area contributed by atoms with E-state index in [2.05, 4.69) is 47.6 Å². The largest absolute Gasteiger partial charge is 0.444 e. The Morgan fingerprint density at radius 2 is 2.03 bits per heavy atom. The molecule has 1 unspecified atom stereocenters. The fourth-order valence-corrected chi connectivity index (χ4v) is 4.45. The van der Waals surface area contributed by atoms with E-state index in [0.717, 1.165) is 17.6 Å². The molecule has 1 fully saturated rings. The smallest absolute Gasteiger partial charge is 0.410 e. The first-order valence-electron chi connectivity index (χ1n) is 11.7. The van der Waals surface area contributed by atoms with Crippen LogP contribution in [-0.2, 0) is 4.74 Å². The molecule has 0 aromatic carbocycles. The van der Waals surface area contributed by atoms with Gasteiger partial charge in [0.1, 0.15) is 5.60 Å². The molecular weight excluding hydrogens is 432 g/mol. The second-order valence-electron chi connectivity index (χ2n) is 10.3. The van der Waals surface area contributed by atoms with Crippen LogP contribution in [0.3, 0.4) is 0 Å². The van der Waals surface area contributed by atoms with Crippen LogP contribution in [0.25, 0.3) is 5.57 Å². The number of anilines is 1. The van der Waals surface area contributed by atoms with Gasteiger partial charge in [0.2, 0.25) is 5.82 Å². The lowest BCUT2D eigenvalue weighted by Crippen LogP contribution is -2.44. The summed E-state index contributed by atoms with van der Waals surface area (Å²) in [5, 5.41) is 15.1. The molecule has 2 heterocycles. The number of piperidine rings is 1. The van der Waals surface area contributed by atoms with Crippen LogP contribution in [0, 0.1) is 15.5 Å². The lowest BCUT2D eigenvalue weighted by atomic mass is 9.72. The normalized spacial score (nSPS) is 22.5. The van der Waals surface area contributed by atoms with Gasteiger partial charge in [0, 0.05) is 42.4 Å². The molecule has 1 amide bonds. The van der Waals surface area contributed by atoms with Crippen LogP contribution in [0.5, 0.6) is 0 Å². The average Bonchev–Trinajstić information content (AvgIpc) is 2.78. The van der Waals surface area contributed by atoms with E-state index in [1.807, 2.05) is 26.8 Å². The van der Waals surface area contributed by atoms with Crippen molar-refractivity contribution in [2.24, 2.45) is 5.41 Å². The predicted molar refractivity (Wildman–Crippen MR) is 132 cm³/mol. The lowest BCUT2D eigenvalue weighted by molar-refractivity contribution is -0.384. The van der Waals surface area contributed by atoms with Crippen LogP contribution >= 0.6 is 0 Å². The van der Waals surface area contributed by atoms with Gasteiger partial charge in [-0.15, -0.1) is 0 Å². The summed E-state index contributed by atoms with van der Waals surface area (Å²) in [5.74, 6) is 0.263. The molecule has 1 aliphatic heterocycles. The number of nitrogens with zero attached hydrogens (tertiary/aromatic N) is 3. The third kappa shape index (κ3) is 5.21. The van der Waals surface area contributed by atoms with Crippen LogP contribution < -0.4 is 5.32 Å². The molecule has 0 radical (unpaired) electrons. The molecule has 1 atom stereocenters. The Hall–Kier alpha value is -3.42. The fourth-order valence-electron chi connectivity index (χ4n) is 4.45. The molecule has 8 heteroatoms. The summed E-state index contributed by atoms with van der Waals surface area (Å²) in [6, 6.07) is 1.59. The summed E-state index contributed by atoms with van der Waals surface area (Å²) in [6.45, 7) is 8.77. The molecular formula is C26H32N4O4. The van der Waals surface area contributed by atoms with E-state index >= 15 is 0 Å². The Labute approximate surface area is 200 Å². The van der Waals surface area contributed by atoms with Crippen molar-refractivity contribution in [2.75, 3.05) is 18.4 Å². The van der Waals surface area contributed by atoms with Crippen molar-refractivity contribution in [3.05, 3.63) is 70.0 Å². The maximum absolute atomic E-state index is 12.3. The highest BCUT2D eigenvalue weighted by molar-refractivity contribution is 5.79. The molecule has 1 aromatic heterocycles. The van der Waals surface area contributed by atoms with Gasteiger partial charge in [0.15, 0.2) is 0 Å². The topological polar surface area (TPSA) is 97.6 Å². The summed E-state index contributed by atoms with van der Waals surface area (Å²) in [6.07, 6.45) is 16.1. The van der Waals surface area contributed by atoms with E-state index in [-0.39, 0.29) is 29.1 Å². The number of ether oxygens (including phenoxy) is 1. The Morgan fingerprint density at radius 3 is 2.71 bits per heavy atom. The lowest BCUT2D eigenvalue weighted by Gasteiger charge is -2.33. The van der Waals surface area contributed by atoms with Crippen LogP contribution in [0.1, 0.15) is 52.5 Å². The van der Waals surface area contributed by atoms with Gasteiger partial charge in [0.05, 0.1) is 4.92 Å². The highest BCUT2D eigenvalue weighted by Crippen LogP contribution is 2.42. The number of nitro groups is 1. The van der Waals surface area contributed by atoms with Crippen molar-refractivity contribution in [2.45, 2.75) is 58.6 Å². The van der Waals surface area contributed by atoms with E-state index in [9.17, 15) is 14.9 Å². The Kier molecular flexibility index (Phi) is 6.34. The van der Waals surface area contributed by atoms with E-state index in [1.165, 1.54) is 5.57 Å². The van der Waals surface area contributed by atoms with Crippen molar-refractivity contribution < 1.29 is 14.5 Å². The van der Waals surface area contributed by atoms with Gasteiger partial charge in [-0.1, -0.05) is 43.4 Å². The van der Waals surface area contributed by atoms with Crippen molar-refractivity contribution in [1.82, 2.24) is 9.88 Å². The number of likely N-dealkylation sites (tertiary alicyclic amines) is 1. The number of amides is 1. The standard InChI is InChI=1S/C26H32N4O4/c1-25(2,3)34-24(31)29-13-9-21(10-14-29)28-23-22(30(32)33)16-19(17-27-23)18-8-12-26(4)11-6-5-7-20(26)15-18/h5-8,11,15-17,21H,9-10,12-14H2,1-4H3,(H,27,28). The van der Waals surface area contributed by atoms with Gasteiger partial charge in [-0.05, 0) is 51.2 Å². The first kappa shape index (κ1) is 23.7. The molecule has 4 rings (SSSR count). The monoisotopic (exact) mass is 464 g/mol. The molecule has 1 aromatic rings. The van der Waals surface area contributed by atoms with E-state index in [0.29, 0.717) is 25.9 Å². The van der Waals surface area contributed by atoms with Gasteiger partial charge in [-0.2, -0.15) is 0 Å². The third-order valence-electron chi connectivity index (χ3n) is 6.45. The maximum atomic E-state index is 12.3. The first-order valence-corrected chi connectivity index (χ1v) is 11.7. The summed E-state index contributed by atoms with van der Waals surface area (Å²) >= 11 is 0. The summed E-state index contributed by atoms with van der Waals surface area (Å²) < 4.78 is 5.44. The minimum Gasteiger partial charge on any atom is -0.444 e. The predicted octanol–water partition coefficient (Wildman–Crippen LogP) is 5.65. The van der Waals surface area contributed by atoms with Crippen LogP contribution in [0.2, 0.25) is 0 Å². The van der Waals surface area contributed by atoms with Gasteiger partial charge in [-0.3, -0.25) is 10.1 Å². The molecule has 1 saturated heterocycles. The Bertz CT molecular complexity index is 1100. The first-order chi connectivity index (χ1) is 16.0. The van der Waals surface area contributed by atoms with Gasteiger partial charge in [-0.25, -0.2) is 9.78 Å². The third-order valence-corrected chi connectivity index (χ3v) is 6.45. The van der Waals surface area contributed by atoms with Crippen molar-refractivity contribution in [3.63, 3.8) is 0 Å². The minimum atomic E-state index is -0.537. The van der Waals surface area contributed by atoms with Crippen molar-refractivity contribution >= 4 is 23.2 Å². The van der Waals surface area contributed by atoms with Crippen molar-refractivity contribution in [1.29, 1.82) is 0 Å². The Balaban J connectivity index is 1.45. The van der Waals surface area contributed by atoms with E-state index in [4.69, 9.17) is 4.74 Å². The fraction of sp³-hybridized carbons (Fsp3) is 0.462. The average molecular weight is 465 g/mol. The summed E-state index contributed by atoms with van der Waals surface area (Å²) in [4.78, 5) is 29.9. The van der Waals surface area contributed by atoms with E-state index in [1.54, 1.807) is 17.2 Å². The number of pyridine rings is 1. The zero-order valence-electron chi connectivity index (χ0n) is 20.2. The molecule has 0 bridgehead atoms. The van der Waals surface area contributed by atoms with Crippen LogP contribution in [-0.4, -0.2) is 45.6 Å². The van der Waals surface area contributed by atoms with E-state index < -0.39 is 10.5 Å². The van der Waals surface area contributed by atoms with Gasteiger partial charge < -0.3 is 15.0 Å². The zero-order valence-corrected chi connectivity index (χ0v) is 20.2. The molecule has 180 valence electrons. The SMILES string of the molecule is CC(C)(C)OC(=O)N1CCC(Nc2ncc(C3=CCC4(C)C=CC=CC4=C3)cc2[N+](=O)[O-])CC1. The molecule has 34 heavy (non-hydrogen) atoms. The number of hydrogen-bond acceptors (Lipinski definition) is 6. The molecule has 8 nitrogen and oxygen atoms in total. The molecule has 0 spiro atoms. The number of fused-ring (bicyclic) bond motifs is 1. The quantitative estimate of drug-likeness (QED) is 0.457. The number of allylic oxidation sites excluding steroid dienone is 8. The van der Waals surface area contributed by atoms with Gasteiger partial charge in [0.25, 0.3) is 0 Å². The number of carbonyl (C=O) groups is 1. The number of carbonyl (C=O) groups excluding carboxylic acids is 1. The molecule has 3 aliphatic rings. The van der Waals surface area contributed by atoms with Crippen LogP contribution in [0.15, 0.2) is 54.3 Å². The summed E-state index contributed by atoms with van der Waals surface area (Å²) in [5.41, 5.74) is 2.25. The highest BCUT2D eigenvalue weighted by Gasteiger charge is 2.30. The highest BCUT2D eigenvalue weighted by atomic mass is 16.6. The number of nitrogens with one attached hydrogen (secondary N) is 1. The van der Waals surface area contributed by atoms with Crippen molar-refractivity contribution in [3.8, 4) is 0 Å². The van der Waals surface area contributed by atoms with Crippen LogP contribution in [0.4, 0.5) is 16.3 Å². The molecule has 0 saturated carbocycles. The number of aromatic nitrogens is 1. The number of rotatable bonds is 4. The Morgan fingerprint density at radius 1 is 1.29 bits per heavy atom. The maximum Gasteiger partial charge on any atom is 0.410 e.